The van der Waals surface area contributed by atoms with Crippen molar-refractivity contribution in [3.63, 3.8) is 0 Å². The van der Waals surface area contributed by atoms with Gasteiger partial charge in [0.15, 0.2) is 30.2 Å². The number of ketones is 2. The number of nitrogens with one attached hydrogen (secondary N) is 4. The molecule has 6 aliphatic rings. The number of morpholine rings is 1. The van der Waals surface area contributed by atoms with Gasteiger partial charge in [0.05, 0.1) is 107 Å². The summed E-state index contributed by atoms with van der Waals surface area (Å²) in [4.78, 5) is 95.4. The van der Waals surface area contributed by atoms with E-state index < -0.39 is 108 Å². The molecule has 0 bridgehead atoms. The number of aliphatic hydroxyl groups is 1. The summed E-state index contributed by atoms with van der Waals surface area (Å²) in [6.07, 6.45) is -4.40. The number of carbonyl (C=O) groups is 7. The normalized spacial score (nSPS) is 25.1. The van der Waals surface area contributed by atoms with Crippen LogP contribution < -0.4 is 26.2 Å². The Morgan fingerprint density at radius 3 is 2.16 bits per heavy atom. The minimum absolute atomic E-state index is 0.00434. The average molecular weight is 1190 g/mol. The molecule has 8 N–H and O–H groups in total. The number of hydrazine groups is 1. The van der Waals surface area contributed by atoms with Crippen LogP contribution in [0.5, 0.6) is 17.2 Å². The number of aromatic hydroxyl groups is 2. The second kappa shape index (κ2) is 30.0. The maximum absolute atomic E-state index is 14.2. The molecule has 0 spiro atoms. The number of nitrogens with zero attached hydrogens (tertiary/aromatic N) is 2. The highest BCUT2D eigenvalue weighted by Gasteiger charge is 2.55. The molecule has 27 nitrogen and oxygen atoms in total. The molecule has 8 rings (SSSR count). The molecule has 2 aromatic rings. The van der Waals surface area contributed by atoms with E-state index in [4.69, 9.17) is 52.5 Å². The molecule has 4 saturated heterocycles. The largest absolute Gasteiger partial charge is 0.507 e. The molecule has 4 amide bonds. The zero-order valence-electron chi connectivity index (χ0n) is 46.9. The van der Waals surface area contributed by atoms with Gasteiger partial charge in [-0.2, -0.15) is 11.8 Å². The first kappa shape index (κ1) is 63.4. The minimum atomic E-state index is -2.45. The van der Waals surface area contributed by atoms with Gasteiger partial charge in [-0.1, -0.05) is 12.1 Å². The van der Waals surface area contributed by atoms with Crippen molar-refractivity contribution in [2.75, 3.05) is 124 Å². The standard InChI is InChI=1S/C55H76N6O21S/c1-31-50-35(61-16-19-79-53(74-3)51(61)82-50)27-41(80-31)81-37-29-55(72,28-34-43(37)49(68)45-44(47(34)66)46(65)33-5-4-6-36(73-2)42(33)48(45)67)54(71)59-58-39(63)10-26-83-30-40(64)57-12-11-56-38(62)9-17-75-20-22-77-24-25-78-23-21-76-18-15-60-13-7-32(8-14-60)52(69)70/h4-6,31-32,35,37,41,50-51,53,66,68,72H,7-30H2,1-3H3,(H,56,62)(H,57,64)(H,58,63)(H,59,71)(H,69,70)/t31-,35-,37-,41-,50+,51+,53-,55-/m0/s1. The number of hydrogen-bond acceptors (Lipinski definition) is 23. The Kier molecular flexibility index (Phi) is 22.9. The van der Waals surface area contributed by atoms with Gasteiger partial charge in [0, 0.05) is 93.9 Å². The number of ether oxygens (including phenoxy) is 10. The smallest absolute Gasteiger partial charge is 0.306 e. The summed E-state index contributed by atoms with van der Waals surface area (Å²) in [6.45, 7) is 8.35. The van der Waals surface area contributed by atoms with Crippen molar-refractivity contribution in [2.24, 2.45) is 5.92 Å². The second-order valence-electron chi connectivity index (χ2n) is 20.9. The number of fused-ring (bicyclic) bond motifs is 6. The van der Waals surface area contributed by atoms with Gasteiger partial charge in [0.1, 0.15) is 23.4 Å². The molecular weight excluding hydrogens is 1110 g/mol. The number of hydrogen-bond donors (Lipinski definition) is 8. The molecule has 4 heterocycles. The number of thioether (sulfide) groups is 1. The lowest BCUT2D eigenvalue weighted by molar-refractivity contribution is -0.256. The summed E-state index contributed by atoms with van der Waals surface area (Å²) in [6, 6.07) is 4.10. The van der Waals surface area contributed by atoms with Crippen molar-refractivity contribution in [2.45, 2.75) is 101 Å². The number of rotatable bonds is 29. The minimum Gasteiger partial charge on any atom is -0.507 e. The third-order valence-electron chi connectivity index (χ3n) is 15.5. The van der Waals surface area contributed by atoms with E-state index >= 15 is 0 Å². The van der Waals surface area contributed by atoms with Gasteiger partial charge >= 0.3 is 5.97 Å². The summed E-state index contributed by atoms with van der Waals surface area (Å²) in [7, 11) is 2.84. The molecule has 83 heavy (non-hydrogen) atoms. The lowest BCUT2D eigenvalue weighted by atomic mass is 9.72. The van der Waals surface area contributed by atoms with E-state index in [9.17, 15) is 48.9 Å². The Hall–Kier alpha value is -5.60. The van der Waals surface area contributed by atoms with Crippen LogP contribution in [0.3, 0.4) is 0 Å². The number of phenolic OH excluding ortho intramolecular Hbond substituents is 2. The van der Waals surface area contributed by atoms with E-state index in [0.717, 1.165) is 31.4 Å². The molecule has 0 saturated carbocycles. The van der Waals surface area contributed by atoms with Crippen LogP contribution >= 0.6 is 11.8 Å². The van der Waals surface area contributed by atoms with Crippen LogP contribution in [0.4, 0.5) is 0 Å². The number of aliphatic carboxylic acids is 1. The number of amides is 4. The van der Waals surface area contributed by atoms with Gasteiger partial charge < -0.3 is 83.3 Å². The van der Waals surface area contributed by atoms with Crippen LogP contribution in [0.15, 0.2) is 18.2 Å². The molecule has 458 valence electrons. The van der Waals surface area contributed by atoms with Crippen molar-refractivity contribution in [3.8, 4) is 17.2 Å². The number of phenols is 2. The Labute approximate surface area is 483 Å². The highest BCUT2D eigenvalue weighted by atomic mass is 32.2. The summed E-state index contributed by atoms with van der Waals surface area (Å²) < 4.78 is 57.9. The van der Waals surface area contributed by atoms with Crippen molar-refractivity contribution in [3.05, 3.63) is 51.6 Å². The van der Waals surface area contributed by atoms with Crippen LogP contribution in [0.1, 0.15) is 94.5 Å². The fourth-order valence-electron chi connectivity index (χ4n) is 11.2. The first-order chi connectivity index (χ1) is 40.0. The molecule has 4 aliphatic heterocycles. The van der Waals surface area contributed by atoms with Gasteiger partial charge in [-0.15, -0.1) is 0 Å². The quantitative estimate of drug-likeness (QED) is 0.0256. The van der Waals surface area contributed by atoms with Crippen molar-refractivity contribution < 1.29 is 101 Å². The Bertz CT molecular complexity index is 2640. The maximum Gasteiger partial charge on any atom is 0.306 e. The van der Waals surface area contributed by atoms with E-state index in [1.54, 1.807) is 6.92 Å². The second-order valence-corrected chi connectivity index (χ2v) is 22.0. The number of benzene rings is 2. The Morgan fingerprint density at radius 2 is 1.47 bits per heavy atom. The topological polar surface area (TPSA) is 347 Å². The highest BCUT2D eigenvalue weighted by Crippen LogP contribution is 2.53. The zero-order chi connectivity index (χ0) is 59.2. The molecule has 0 aromatic heterocycles. The van der Waals surface area contributed by atoms with E-state index in [2.05, 4.69) is 31.3 Å². The lowest BCUT2D eigenvalue weighted by Crippen LogP contribution is -2.57. The number of piperidine rings is 1. The van der Waals surface area contributed by atoms with Gasteiger partial charge in [-0.25, -0.2) is 0 Å². The molecule has 4 fully saturated rings. The van der Waals surface area contributed by atoms with Crippen LogP contribution in [-0.2, 0) is 73.0 Å². The maximum atomic E-state index is 14.2. The van der Waals surface area contributed by atoms with Gasteiger partial charge in [0.2, 0.25) is 23.5 Å². The first-order valence-corrected chi connectivity index (χ1v) is 29.1. The molecule has 2 aromatic carbocycles. The Morgan fingerprint density at radius 1 is 0.795 bits per heavy atom. The molecular formula is C55H76N6O21S. The number of likely N-dealkylation sites (tertiary alicyclic amines) is 1. The number of carbonyl (C=O) groups excluding carboxylic acids is 6. The first-order valence-electron chi connectivity index (χ1n) is 28.0. The summed E-state index contributed by atoms with van der Waals surface area (Å²) >= 11 is 1.14. The molecule has 8 atom stereocenters. The third kappa shape index (κ3) is 15.6. The van der Waals surface area contributed by atoms with Crippen LogP contribution in [0, 0.1) is 5.92 Å². The van der Waals surface area contributed by atoms with Crippen LogP contribution in [0.2, 0.25) is 0 Å². The predicted octanol–water partition coefficient (Wildman–Crippen LogP) is -0.0939. The lowest BCUT2D eigenvalue weighted by Gasteiger charge is -2.43. The van der Waals surface area contributed by atoms with Crippen molar-refractivity contribution in [1.82, 2.24) is 31.3 Å². The Balaban J connectivity index is 0.730. The van der Waals surface area contributed by atoms with E-state index in [0.29, 0.717) is 72.2 Å². The number of carboxylic acids is 1. The summed E-state index contributed by atoms with van der Waals surface area (Å²) in [5, 5.41) is 50.8. The van der Waals surface area contributed by atoms with Gasteiger partial charge in [0.25, 0.3) is 5.91 Å². The SMILES string of the molecule is COc1cccc2c1C(=O)c1c(O)c3c(c(O)c1C2=O)C[C@@](O)(C(=O)NNC(=O)CCSCC(=O)NCCNC(=O)CCOCCOCCOCCOCCN1CCC(C(=O)O)CC1)C[C@@H]3O[C@H]1C[C@H]2[C@H](O[C@@H]3[C@@H](OC)OCCN32)[C@H](C)O1. The van der Waals surface area contributed by atoms with Crippen molar-refractivity contribution >= 4 is 52.9 Å². The monoisotopic (exact) mass is 1190 g/mol. The molecule has 0 unspecified atom stereocenters. The molecule has 2 aliphatic carbocycles. The molecule has 28 heteroatoms. The van der Waals surface area contributed by atoms with E-state index in [1.165, 1.54) is 32.4 Å². The third-order valence-corrected chi connectivity index (χ3v) is 16.4. The highest BCUT2D eigenvalue weighted by molar-refractivity contribution is 7.99. The zero-order valence-corrected chi connectivity index (χ0v) is 47.7. The van der Waals surface area contributed by atoms with Crippen LogP contribution in [0.25, 0.3) is 0 Å². The van der Waals surface area contributed by atoms with Crippen LogP contribution in [-0.4, -0.2) is 239 Å². The molecule has 0 radical (unpaired) electrons. The summed E-state index contributed by atoms with van der Waals surface area (Å²) in [5.41, 5.74) is 0.448. The fraction of sp³-hybridized carbons (Fsp3) is 0.655. The van der Waals surface area contributed by atoms with Crippen molar-refractivity contribution in [1.29, 1.82) is 0 Å². The van der Waals surface area contributed by atoms with E-state index in [-0.39, 0.29) is 102 Å². The number of carboxylic acid groups (broad SMARTS) is 1. The fourth-order valence-corrected chi connectivity index (χ4v) is 12.0. The van der Waals surface area contributed by atoms with E-state index in [1.807, 2.05) is 0 Å². The average Bonchev–Trinajstić information content (AvgIpc) is 1.70. The summed E-state index contributed by atoms with van der Waals surface area (Å²) in [5.74, 6) is -6.17. The predicted molar refractivity (Wildman–Crippen MR) is 291 cm³/mol. The van der Waals surface area contributed by atoms with Gasteiger partial charge in [-0.05, 0) is 38.9 Å². The number of methoxy groups -OCH3 is 2. The van der Waals surface area contributed by atoms with Gasteiger partial charge in [-0.3, -0.25) is 49.3 Å².